The van der Waals surface area contributed by atoms with Crippen LogP contribution in [-0.2, 0) is 16.0 Å². The zero-order valence-electron chi connectivity index (χ0n) is 13.1. The van der Waals surface area contributed by atoms with E-state index in [1.165, 1.54) is 7.11 Å². The molecule has 0 bridgehead atoms. The van der Waals surface area contributed by atoms with E-state index in [9.17, 15) is 9.59 Å². The fraction of sp³-hybridized carbons (Fsp3) is 0.222. The molecule has 23 heavy (non-hydrogen) atoms. The Balaban J connectivity index is 1.86. The van der Waals surface area contributed by atoms with E-state index >= 15 is 0 Å². The van der Waals surface area contributed by atoms with Crippen LogP contribution in [0.1, 0.15) is 15.9 Å². The van der Waals surface area contributed by atoms with E-state index in [0.29, 0.717) is 12.4 Å². The van der Waals surface area contributed by atoms with E-state index in [0.717, 1.165) is 17.7 Å². The van der Waals surface area contributed by atoms with Crippen molar-refractivity contribution in [2.45, 2.75) is 6.42 Å². The molecule has 5 heteroatoms. The van der Waals surface area contributed by atoms with Crippen LogP contribution in [0.25, 0.3) is 0 Å². The van der Waals surface area contributed by atoms with Gasteiger partial charge in [0.25, 0.3) is 5.78 Å². The Labute approximate surface area is 134 Å². The van der Waals surface area contributed by atoms with Crippen molar-refractivity contribution in [3.8, 4) is 11.5 Å². The second-order valence-corrected chi connectivity index (χ2v) is 4.79. The summed E-state index contributed by atoms with van der Waals surface area (Å²) in [5, 5.41) is 0. The highest BCUT2D eigenvalue weighted by molar-refractivity contribution is 6.40. The molecule has 5 nitrogen and oxygen atoms in total. The molecule has 0 aliphatic carbocycles. The molecule has 2 aromatic carbocycles. The van der Waals surface area contributed by atoms with Gasteiger partial charge in [-0.15, -0.1) is 0 Å². The van der Waals surface area contributed by atoms with Crippen molar-refractivity contribution < 1.29 is 23.8 Å². The summed E-state index contributed by atoms with van der Waals surface area (Å²) in [6, 6.07) is 14.2. The number of carbonyl (C=O) groups is 2. The summed E-state index contributed by atoms with van der Waals surface area (Å²) in [4.78, 5) is 22.8. The number of ether oxygens (including phenoxy) is 3. The molecule has 0 heterocycles. The number of Topliss-reactive ketones (excluding diaryl/α,β-unsaturated/α-hetero) is 1. The molecule has 0 aromatic heterocycles. The van der Waals surface area contributed by atoms with Gasteiger partial charge in [0, 0.05) is 12.0 Å². The van der Waals surface area contributed by atoms with Gasteiger partial charge in [0.2, 0.25) is 0 Å². The van der Waals surface area contributed by atoms with Gasteiger partial charge in [-0.25, -0.2) is 4.79 Å². The predicted molar refractivity (Wildman–Crippen MR) is 85.0 cm³/mol. The Morgan fingerprint density at radius 1 is 0.870 bits per heavy atom. The molecule has 120 valence electrons. The van der Waals surface area contributed by atoms with Gasteiger partial charge in [-0.2, -0.15) is 0 Å². The maximum atomic E-state index is 11.6. The zero-order valence-corrected chi connectivity index (χ0v) is 13.1. The lowest BCUT2D eigenvalue weighted by Crippen LogP contribution is -2.15. The number of esters is 1. The van der Waals surface area contributed by atoms with Crippen LogP contribution in [0.15, 0.2) is 48.5 Å². The van der Waals surface area contributed by atoms with Gasteiger partial charge in [0.05, 0.1) is 20.8 Å². The summed E-state index contributed by atoms with van der Waals surface area (Å²) in [5.41, 5.74) is 1.42. The highest BCUT2D eigenvalue weighted by atomic mass is 16.5. The Bertz CT molecular complexity index is 659. The average Bonchev–Trinajstić information content (AvgIpc) is 2.61. The Morgan fingerprint density at radius 3 is 2.04 bits per heavy atom. The fourth-order valence-corrected chi connectivity index (χ4v) is 1.99. The Kier molecular flexibility index (Phi) is 5.74. The molecule has 0 radical (unpaired) electrons. The van der Waals surface area contributed by atoms with E-state index < -0.39 is 11.8 Å². The minimum atomic E-state index is -0.877. The van der Waals surface area contributed by atoms with Crippen molar-refractivity contribution in [1.82, 2.24) is 0 Å². The van der Waals surface area contributed by atoms with Gasteiger partial charge in [-0.05, 0) is 42.0 Å². The summed E-state index contributed by atoms with van der Waals surface area (Å²) in [6.45, 7) is 0.511. The number of methoxy groups -OCH3 is 2. The Hall–Kier alpha value is -2.82. The normalized spacial score (nSPS) is 10.0. The third kappa shape index (κ3) is 4.57. The van der Waals surface area contributed by atoms with Crippen molar-refractivity contribution in [3.05, 3.63) is 59.7 Å². The highest BCUT2D eigenvalue weighted by Gasteiger charge is 2.16. The third-order valence-electron chi connectivity index (χ3n) is 3.31. The van der Waals surface area contributed by atoms with Crippen LogP contribution in [0.5, 0.6) is 11.5 Å². The smallest absolute Gasteiger partial charge is 0.379 e. The molecule has 0 saturated heterocycles. The van der Waals surface area contributed by atoms with Gasteiger partial charge in [0.15, 0.2) is 0 Å². The molecular weight excluding hydrogens is 296 g/mol. The molecule has 0 aliphatic heterocycles. The molecule has 0 fully saturated rings. The number of hydrogen-bond donors (Lipinski definition) is 0. The summed E-state index contributed by atoms with van der Waals surface area (Å²) in [7, 11) is 2.81. The highest BCUT2D eigenvalue weighted by Crippen LogP contribution is 2.15. The molecule has 0 atom stereocenters. The summed E-state index contributed by atoms with van der Waals surface area (Å²) in [5.74, 6) is -0.0871. The molecule has 0 amide bonds. The van der Waals surface area contributed by atoms with Crippen molar-refractivity contribution >= 4 is 11.8 Å². The quantitative estimate of drug-likeness (QED) is 0.447. The van der Waals surface area contributed by atoms with Gasteiger partial charge in [-0.1, -0.05) is 12.1 Å². The molecule has 2 rings (SSSR count). The van der Waals surface area contributed by atoms with Crippen molar-refractivity contribution in [2.75, 3.05) is 20.8 Å². The molecule has 0 saturated carbocycles. The molecule has 2 aromatic rings. The van der Waals surface area contributed by atoms with E-state index in [1.807, 2.05) is 24.3 Å². The second-order valence-electron chi connectivity index (χ2n) is 4.79. The summed E-state index contributed by atoms with van der Waals surface area (Å²) >= 11 is 0. The lowest BCUT2D eigenvalue weighted by molar-refractivity contribution is -0.135. The van der Waals surface area contributed by atoms with E-state index in [2.05, 4.69) is 4.74 Å². The van der Waals surface area contributed by atoms with Crippen molar-refractivity contribution in [3.63, 3.8) is 0 Å². The van der Waals surface area contributed by atoms with Crippen molar-refractivity contribution in [1.29, 1.82) is 0 Å². The predicted octanol–water partition coefficient (Wildman–Crippen LogP) is 2.67. The van der Waals surface area contributed by atoms with Crippen LogP contribution in [-0.4, -0.2) is 32.6 Å². The van der Waals surface area contributed by atoms with Gasteiger partial charge < -0.3 is 14.2 Å². The minimum Gasteiger partial charge on any atom is -0.497 e. The van der Waals surface area contributed by atoms with Gasteiger partial charge in [0.1, 0.15) is 11.5 Å². The lowest BCUT2D eigenvalue weighted by atomic mass is 10.1. The maximum absolute atomic E-state index is 11.6. The van der Waals surface area contributed by atoms with E-state index in [1.54, 1.807) is 31.4 Å². The fourth-order valence-electron chi connectivity index (χ4n) is 1.99. The molecule has 0 N–H and O–H groups in total. The first-order valence-corrected chi connectivity index (χ1v) is 7.12. The van der Waals surface area contributed by atoms with Crippen LogP contribution in [0.4, 0.5) is 0 Å². The molecule has 0 aliphatic rings. The third-order valence-corrected chi connectivity index (χ3v) is 3.31. The van der Waals surface area contributed by atoms with Crippen molar-refractivity contribution in [2.24, 2.45) is 0 Å². The topological polar surface area (TPSA) is 61.8 Å². The first-order valence-electron chi connectivity index (χ1n) is 7.12. The lowest BCUT2D eigenvalue weighted by Gasteiger charge is -2.07. The monoisotopic (exact) mass is 314 g/mol. The molecule has 0 unspecified atom stereocenters. The van der Waals surface area contributed by atoms with Crippen LogP contribution in [0, 0.1) is 0 Å². The van der Waals surface area contributed by atoms with E-state index in [4.69, 9.17) is 9.47 Å². The number of benzene rings is 2. The summed E-state index contributed by atoms with van der Waals surface area (Å²) in [6.07, 6.45) is 0.757. The maximum Gasteiger partial charge on any atom is 0.379 e. The summed E-state index contributed by atoms with van der Waals surface area (Å²) < 4.78 is 15.1. The van der Waals surface area contributed by atoms with Gasteiger partial charge >= 0.3 is 5.97 Å². The van der Waals surface area contributed by atoms with Crippen LogP contribution >= 0.6 is 0 Å². The largest absolute Gasteiger partial charge is 0.497 e. The minimum absolute atomic E-state index is 0.277. The average molecular weight is 314 g/mol. The standard InChI is InChI=1S/C18H18O5/c1-21-15-7-3-13(4-8-15)11-12-23-16-9-5-14(6-10-16)17(19)18(20)22-2/h3-10H,11-12H2,1-2H3. The Morgan fingerprint density at radius 2 is 1.48 bits per heavy atom. The van der Waals surface area contributed by atoms with Crippen LogP contribution in [0.2, 0.25) is 0 Å². The van der Waals surface area contributed by atoms with Crippen LogP contribution < -0.4 is 9.47 Å². The molecular formula is C18H18O5. The molecule has 0 spiro atoms. The first kappa shape index (κ1) is 16.5. The van der Waals surface area contributed by atoms with Gasteiger partial charge in [-0.3, -0.25) is 4.79 Å². The number of ketones is 1. The van der Waals surface area contributed by atoms with E-state index in [-0.39, 0.29) is 5.56 Å². The SMILES string of the molecule is COC(=O)C(=O)c1ccc(OCCc2ccc(OC)cc2)cc1. The number of rotatable bonds is 7. The number of hydrogen-bond acceptors (Lipinski definition) is 5. The first-order chi connectivity index (χ1) is 11.1. The van der Waals surface area contributed by atoms with Crippen LogP contribution in [0.3, 0.4) is 0 Å². The number of carbonyl (C=O) groups excluding carboxylic acids is 2. The zero-order chi connectivity index (χ0) is 16.7. The second kappa shape index (κ2) is 7.98.